The van der Waals surface area contributed by atoms with Crippen molar-refractivity contribution in [1.29, 1.82) is 0 Å². The zero-order valence-electron chi connectivity index (χ0n) is 12.9. The molecular weight excluding hydrogens is 289 g/mol. The lowest BCUT2D eigenvalue weighted by molar-refractivity contribution is -0.274. The molecule has 0 aromatic heterocycles. The van der Waals surface area contributed by atoms with Crippen molar-refractivity contribution in [3.05, 3.63) is 29.8 Å². The average Bonchev–Trinajstić information content (AvgIpc) is 2.46. The first-order valence-corrected chi connectivity index (χ1v) is 8.26. The SMILES string of the molecule is CC1CCC2CC(c3ccc(OC(F)(F)F)cc3)CCC2C1. The summed E-state index contributed by atoms with van der Waals surface area (Å²) in [6.45, 7) is 2.35. The third-order valence-electron chi connectivity index (χ3n) is 5.46. The maximum Gasteiger partial charge on any atom is 0.573 e. The molecule has 2 aliphatic rings. The summed E-state index contributed by atoms with van der Waals surface area (Å²) in [6, 6.07) is 6.49. The van der Waals surface area contributed by atoms with E-state index in [9.17, 15) is 13.2 Å². The van der Waals surface area contributed by atoms with E-state index in [1.165, 1.54) is 44.2 Å². The fourth-order valence-corrected chi connectivity index (χ4v) is 4.37. The van der Waals surface area contributed by atoms with E-state index in [2.05, 4.69) is 11.7 Å². The smallest absolute Gasteiger partial charge is 0.406 e. The molecule has 4 atom stereocenters. The van der Waals surface area contributed by atoms with Crippen molar-refractivity contribution < 1.29 is 17.9 Å². The average molecular weight is 312 g/mol. The quantitative estimate of drug-likeness (QED) is 0.660. The fourth-order valence-electron chi connectivity index (χ4n) is 4.37. The van der Waals surface area contributed by atoms with Gasteiger partial charge in [-0.15, -0.1) is 13.2 Å². The first-order chi connectivity index (χ1) is 10.4. The minimum Gasteiger partial charge on any atom is -0.406 e. The highest BCUT2D eigenvalue weighted by Gasteiger charge is 2.35. The minimum atomic E-state index is -4.61. The second kappa shape index (κ2) is 6.13. The standard InChI is InChI=1S/C18H23F3O/c1-12-2-3-16-11-15(5-4-14(16)10-12)13-6-8-17(9-7-13)22-18(19,20)21/h6-9,12,14-16H,2-5,10-11H2,1H3. The molecule has 22 heavy (non-hydrogen) atoms. The van der Waals surface area contributed by atoms with Gasteiger partial charge < -0.3 is 4.74 Å². The monoisotopic (exact) mass is 312 g/mol. The molecule has 1 aromatic carbocycles. The van der Waals surface area contributed by atoms with Crippen LogP contribution in [0.25, 0.3) is 0 Å². The molecule has 0 amide bonds. The van der Waals surface area contributed by atoms with Crippen LogP contribution in [-0.2, 0) is 0 Å². The lowest BCUT2D eigenvalue weighted by Crippen LogP contribution is -2.29. The van der Waals surface area contributed by atoms with Crippen molar-refractivity contribution in [3.63, 3.8) is 0 Å². The summed E-state index contributed by atoms with van der Waals surface area (Å²) in [5.41, 5.74) is 1.16. The molecule has 0 radical (unpaired) electrons. The molecule has 0 heterocycles. The zero-order chi connectivity index (χ0) is 15.7. The van der Waals surface area contributed by atoms with E-state index in [4.69, 9.17) is 0 Å². The lowest BCUT2D eigenvalue weighted by Gasteiger charge is -2.41. The third kappa shape index (κ3) is 3.76. The molecule has 0 saturated heterocycles. The van der Waals surface area contributed by atoms with Gasteiger partial charge in [0.2, 0.25) is 0 Å². The molecule has 0 N–H and O–H groups in total. The molecule has 4 unspecified atom stereocenters. The van der Waals surface area contributed by atoms with E-state index in [0.29, 0.717) is 5.92 Å². The Labute approximate surface area is 129 Å². The van der Waals surface area contributed by atoms with Gasteiger partial charge in [-0.1, -0.05) is 25.5 Å². The first kappa shape index (κ1) is 15.7. The summed E-state index contributed by atoms with van der Waals surface area (Å²) < 4.78 is 40.5. The summed E-state index contributed by atoms with van der Waals surface area (Å²) in [5, 5.41) is 0. The second-order valence-corrected chi connectivity index (χ2v) is 7.07. The van der Waals surface area contributed by atoms with Gasteiger partial charge in [0.05, 0.1) is 0 Å². The molecule has 0 spiro atoms. The maximum atomic E-state index is 12.2. The molecule has 2 fully saturated rings. The van der Waals surface area contributed by atoms with Crippen molar-refractivity contribution in [1.82, 2.24) is 0 Å². The van der Waals surface area contributed by atoms with E-state index < -0.39 is 6.36 Å². The Balaban J connectivity index is 1.63. The van der Waals surface area contributed by atoms with E-state index in [0.717, 1.165) is 29.7 Å². The molecule has 4 heteroatoms. The number of rotatable bonds is 2. The normalized spacial score (nSPS) is 32.4. The first-order valence-electron chi connectivity index (χ1n) is 8.26. The van der Waals surface area contributed by atoms with Gasteiger partial charge in [-0.05, 0) is 73.5 Å². The van der Waals surface area contributed by atoms with Crippen LogP contribution < -0.4 is 4.74 Å². The van der Waals surface area contributed by atoms with E-state index >= 15 is 0 Å². The van der Waals surface area contributed by atoms with Crippen molar-refractivity contribution in [2.24, 2.45) is 17.8 Å². The van der Waals surface area contributed by atoms with Gasteiger partial charge >= 0.3 is 6.36 Å². The molecule has 2 aliphatic carbocycles. The van der Waals surface area contributed by atoms with Crippen molar-refractivity contribution in [2.45, 2.75) is 57.7 Å². The fraction of sp³-hybridized carbons (Fsp3) is 0.667. The predicted molar refractivity (Wildman–Crippen MR) is 79.7 cm³/mol. The molecule has 2 saturated carbocycles. The van der Waals surface area contributed by atoms with Crippen LogP contribution in [0, 0.1) is 17.8 Å². The van der Waals surface area contributed by atoms with E-state index in [1.807, 2.05) is 0 Å². The number of benzene rings is 1. The lowest BCUT2D eigenvalue weighted by atomic mass is 9.64. The van der Waals surface area contributed by atoms with Gasteiger partial charge in [-0.25, -0.2) is 0 Å². The van der Waals surface area contributed by atoms with Crippen LogP contribution in [0.4, 0.5) is 13.2 Å². The van der Waals surface area contributed by atoms with Crippen molar-refractivity contribution in [3.8, 4) is 5.75 Å². The highest BCUT2D eigenvalue weighted by atomic mass is 19.4. The van der Waals surface area contributed by atoms with Crippen molar-refractivity contribution >= 4 is 0 Å². The van der Waals surface area contributed by atoms with Crippen LogP contribution >= 0.6 is 0 Å². The van der Waals surface area contributed by atoms with Crippen LogP contribution in [0.15, 0.2) is 24.3 Å². The van der Waals surface area contributed by atoms with E-state index in [-0.39, 0.29) is 5.75 Å². The van der Waals surface area contributed by atoms with Gasteiger partial charge in [0.25, 0.3) is 0 Å². The summed E-state index contributed by atoms with van der Waals surface area (Å²) in [7, 11) is 0. The Kier molecular flexibility index (Phi) is 4.37. The largest absolute Gasteiger partial charge is 0.573 e. The molecular formula is C18H23F3O. The minimum absolute atomic E-state index is 0.128. The van der Waals surface area contributed by atoms with Gasteiger partial charge in [-0.2, -0.15) is 0 Å². The summed E-state index contributed by atoms with van der Waals surface area (Å²) in [6.07, 6.45) is 3.00. The number of alkyl halides is 3. The van der Waals surface area contributed by atoms with Crippen molar-refractivity contribution in [2.75, 3.05) is 0 Å². The summed E-state index contributed by atoms with van der Waals surface area (Å²) in [5.74, 6) is 2.90. The Morgan fingerprint density at radius 2 is 1.55 bits per heavy atom. The van der Waals surface area contributed by atoms with Crippen LogP contribution in [0.2, 0.25) is 0 Å². The number of hydrogen-bond acceptors (Lipinski definition) is 1. The number of ether oxygens (including phenoxy) is 1. The van der Waals surface area contributed by atoms with Crippen LogP contribution in [-0.4, -0.2) is 6.36 Å². The van der Waals surface area contributed by atoms with Crippen LogP contribution in [0.3, 0.4) is 0 Å². The van der Waals surface area contributed by atoms with Gasteiger partial charge in [0.1, 0.15) is 5.75 Å². The van der Waals surface area contributed by atoms with Gasteiger partial charge in [0, 0.05) is 0 Å². The Hall–Kier alpha value is -1.19. The summed E-state index contributed by atoms with van der Waals surface area (Å²) >= 11 is 0. The Morgan fingerprint density at radius 3 is 2.23 bits per heavy atom. The summed E-state index contributed by atoms with van der Waals surface area (Å²) in [4.78, 5) is 0. The van der Waals surface area contributed by atoms with E-state index in [1.54, 1.807) is 12.1 Å². The zero-order valence-corrected chi connectivity index (χ0v) is 12.9. The number of hydrogen-bond donors (Lipinski definition) is 0. The molecule has 1 nitrogen and oxygen atoms in total. The maximum absolute atomic E-state index is 12.2. The van der Waals surface area contributed by atoms with Crippen LogP contribution in [0.1, 0.15) is 56.9 Å². The molecule has 0 bridgehead atoms. The molecule has 3 rings (SSSR count). The second-order valence-electron chi connectivity index (χ2n) is 7.07. The molecule has 122 valence electrons. The van der Waals surface area contributed by atoms with Crippen LogP contribution in [0.5, 0.6) is 5.75 Å². The highest BCUT2D eigenvalue weighted by molar-refractivity contribution is 5.30. The number of fused-ring (bicyclic) bond motifs is 1. The van der Waals surface area contributed by atoms with Gasteiger partial charge in [0.15, 0.2) is 0 Å². The Morgan fingerprint density at radius 1 is 0.909 bits per heavy atom. The third-order valence-corrected chi connectivity index (χ3v) is 5.46. The number of halogens is 3. The Bertz CT molecular complexity index is 494. The molecule has 1 aromatic rings. The van der Waals surface area contributed by atoms with Gasteiger partial charge in [-0.3, -0.25) is 0 Å². The predicted octanol–water partition coefficient (Wildman–Crippen LogP) is 5.91. The topological polar surface area (TPSA) is 9.23 Å². The highest BCUT2D eigenvalue weighted by Crippen LogP contribution is 2.47. The molecule has 0 aliphatic heterocycles.